The van der Waals surface area contributed by atoms with Crippen LogP contribution in [-0.2, 0) is 0 Å². The number of carbonyl (C=O) groups excluding carboxylic acids is 1. The third kappa shape index (κ3) is 4.33. The van der Waals surface area contributed by atoms with Gasteiger partial charge in [0.2, 0.25) is 0 Å². The molecule has 0 aliphatic rings. The number of rotatable bonds is 6. The molecule has 1 atom stereocenters. The van der Waals surface area contributed by atoms with Gasteiger partial charge in [0, 0.05) is 11.3 Å². The lowest BCUT2D eigenvalue weighted by Gasteiger charge is -2.10. The molecule has 0 bridgehead atoms. The van der Waals surface area contributed by atoms with E-state index in [2.05, 4.69) is 5.32 Å². The Morgan fingerprint density at radius 2 is 1.95 bits per heavy atom. The number of aliphatic hydroxyl groups excluding tert-OH is 1. The number of anilines is 1. The molecule has 116 valence electrons. The number of nitrogens with one attached hydrogen (secondary N) is 1. The number of hydrogen-bond donors (Lipinski definition) is 2. The van der Waals surface area contributed by atoms with Crippen molar-refractivity contribution in [1.82, 2.24) is 0 Å². The summed E-state index contributed by atoms with van der Waals surface area (Å²) in [5.74, 6) is 0.569. The molecule has 22 heavy (non-hydrogen) atoms. The van der Waals surface area contributed by atoms with E-state index in [1.807, 2.05) is 13.0 Å². The van der Waals surface area contributed by atoms with Gasteiger partial charge in [-0.05, 0) is 55.3 Å². The highest BCUT2D eigenvalue weighted by atomic mass is 16.5. The molecule has 2 N–H and O–H groups in total. The smallest absolute Gasteiger partial charge is 0.255 e. The zero-order chi connectivity index (χ0) is 15.9. The molecule has 0 radical (unpaired) electrons. The molecule has 4 heteroatoms. The Hall–Kier alpha value is -2.33. The van der Waals surface area contributed by atoms with Gasteiger partial charge in [0.25, 0.3) is 5.91 Å². The molecule has 0 saturated carbocycles. The third-order valence-corrected chi connectivity index (χ3v) is 3.22. The highest BCUT2D eigenvalue weighted by Gasteiger charge is 2.08. The summed E-state index contributed by atoms with van der Waals surface area (Å²) in [4.78, 5) is 12.2. The predicted octanol–water partition coefficient (Wildman–Crippen LogP) is 3.78. The Bertz CT molecular complexity index is 620. The Morgan fingerprint density at radius 1 is 1.23 bits per heavy atom. The normalized spacial score (nSPS) is 11.8. The minimum atomic E-state index is -0.563. The van der Waals surface area contributed by atoms with Crippen LogP contribution in [0.4, 0.5) is 5.69 Å². The minimum absolute atomic E-state index is 0.190. The van der Waals surface area contributed by atoms with Crippen molar-refractivity contribution in [2.24, 2.45) is 0 Å². The topological polar surface area (TPSA) is 58.6 Å². The summed E-state index contributed by atoms with van der Waals surface area (Å²) < 4.78 is 5.49. The molecule has 1 unspecified atom stereocenters. The molecule has 0 spiro atoms. The van der Waals surface area contributed by atoms with Gasteiger partial charge in [-0.2, -0.15) is 0 Å². The third-order valence-electron chi connectivity index (χ3n) is 3.22. The second-order valence-electron chi connectivity index (χ2n) is 5.13. The molecule has 2 rings (SSSR count). The Kier molecular flexibility index (Phi) is 5.55. The molecule has 0 heterocycles. The van der Waals surface area contributed by atoms with E-state index in [1.54, 1.807) is 49.4 Å². The summed E-state index contributed by atoms with van der Waals surface area (Å²) in [7, 11) is 0. The molecule has 1 amide bonds. The van der Waals surface area contributed by atoms with Crippen LogP contribution in [0.3, 0.4) is 0 Å². The predicted molar refractivity (Wildman–Crippen MR) is 87.3 cm³/mol. The summed E-state index contributed by atoms with van der Waals surface area (Å²) in [5, 5.41) is 12.4. The fourth-order valence-corrected chi connectivity index (χ4v) is 2.00. The largest absolute Gasteiger partial charge is 0.494 e. The highest BCUT2D eigenvalue weighted by molar-refractivity contribution is 6.04. The van der Waals surface area contributed by atoms with Gasteiger partial charge in [0.05, 0.1) is 12.7 Å². The first-order chi connectivity index (χ1) is 10.6. The lowest BCUT2D eigenvalue weighted by molar-refractivity contribution is 0.102. The molecule has 2 aromatic carbocycles. The van der Waals surface area contributed by atoms with Crippen LogP contribution in [0.2, 0.25) is 0 Å². The fourth-order valence-electron chi connectivity index (χ4n) is 2.00. The molecule has 0 saturated heterocycles. The molecule has 2 aromatic rings. The zero-order valence-corrected chi connectivity index (χ0v) is 12.9. The first-order valence-electron chi connectivity index (χ1n) is 7.42. The van der Waals surface area contributed by atoms with Crippen molar-refractivity contribution in [3.05, 3.63) is 59.7 Å². The first-order valence-corrected chi connectivity index (χ1v) is 7.42. The molecule has 0 fully saturated rings. The Labute approximate surface area is 130 Å². The highest BCUT2D eigenvalue weighted by Crippen LogP contribution is 2.18. The number of amides is 1. The van der Waals surface area contributed by atoms with Crippen molar-refractivity contribution in [3.8, 4) is 5.75 Å². The number of carbonyl (C=O) groups is 1. The SMILES string of the molecule is CCCOc1ccc(C(=O)Nc2cccc(C(C)O)c2)cc1. The first kappa shape index (κ1) is 16.0. The van der Waals surface area contributed by atoms with Gasteiger partial charge < -0.3 is 15.2 Å². The van der Waals surface area contributed by atoms with Crippen molar-refractivity contribution in [1.29, 1.82) is 0 Å². The van der Waals surface area contributed by atoms with Gasteiger partial charge in [0.1, 0.15) is 5.75 Å². The van der Waals surface area contributed by atoms with Gasteiger partial charge in [0.15, 0.2) is 0 Å². The van der Waals surface area contributed by atoms with Gasteiger partial charge in [-0.1, -0.05) is 19.1 Å². The monoisotopic (exact) mass is 299 g/mol. The van der Waals surface area contributed by atoms with Gasteiger partial charge in [-0.3, -0.25) is 4.79 Å². The Morgan fingerprint density at radius 3 is 2.59 bits per heavy atom. The summed E-state index contributed by atoms with van der Waals surface area (Å²) in [6, 6.07) is 14.2. The van der Waals surface area contributed by atoms with E-state index in [4.69, 9.17) is 4.74 Å². The van der Waals surface area contributed by atoms with Crippen LogP contribution in [0.25, 0.3) is 0 Å². The van der Waals surface area contributed by atoms with Crippen molar-refractivity contribution >= 4 is 11.6 Å². The maximum absolute atomic E-state index is 12.2. The molecular formula is C18H21NO3. The number of hydrogen-bond acceptors (Lipinski definition) is 3. The van der Waals surface area contributed by atoms with Crippen LogP contribution < -0.4 is 10.1 Å². The lowest BCUT2D eigenvalue weighted by atomic mass is 10.1. The lowest BCUT2D eigenvalue weighted by Crippen LogP contribution is -2.12. The molecule has 0 aliphatic carbocycles. The maximum Gasteiger partial charge on any atom is 0.255 e. The van der Waals surface area contributed by atoms with Crippen LogP contribution in [0.5, 0.6) is 5.75 Å². The number of benzene rings is 2. The van der Waals surface area contributed by atoms with Gasteiger partial charge >= 0.3 is 0 Å². The van der Waals surface area contributed by atoms with E-state index in [0.717, 1.165) is 17.7 Å². The molecular weight excluding hydrogens is 278 g/mol. The molecule has 4 nitrogen and oxygen atoms in total. The minimum Gasteiger partial charge on any atom is -0.494 e. The summed E-state index contributed by atoms with van der Waals surface area (Å²) in [6.07, 6.45) is 0.383. The van der Waals surface area contributed by atoms with E-state index in [-0.39, 0.29) is 5.91 Å². The second kappa shape index (κ2) is 7.61. The quantitative estimate of drug-likeness (QED) is 0.853. The van der Waals surface area contributed by atoms with Crippen molar-refractivity contribution in [2.45, 2.75) is 26.4 Å². The summed E-state index contributed by atoms with van der Waals surface area (Å²) >= 11 is 0. The van der Waals surface area contributed by atoms with Gasteiger partial charge in [-0.15, -0.1) is 0 Å². The van der Waals surface area contributed by atoms with Crippen LogP contribution in [0, 0.1) is 0 Å². The van der Waals surface area contributed by atoms with Crippen LogP contribution in [0.15, 0.2) is 48.5 Å². The van der Waals surface area contributed by atoms with E-state index >= 15 is 0 Å². The average Bonchev–Trinajstić information content (AvgIpc) is 2.53. The van der Waals surface area contributed by atoms with Crippen LogP contribution in [0.1, 0.15) is 42.3 Å². The zero-order valence-electron chi connectivity index (χ0n) is 12.9. The molecule has 0 aliphatic heterocycles. The van der Waals surface area contributed by atoms with Crippen molar-refractivity contribution < 1.29 is 14.6 Å². The van der Waals surface area contributed by atoms with Gasteiger partial charge in [-0.25, -0.2) is 0 Å². The standard InChI is InChI=1S/C18H21NO3/c1-3-11-22-17-9-7-14(8-10-17)18(21)19-16-6-4-5-15(12-16)13(2)20/h4-10,12-13,20H,3,11H2,1-2H3,(H,19,21). The fraction of sp³-hybridized carbons (Fsp3) is 0.278. The summed E-state index contributed by atoms with van der Waals surface area (Å²) in [6.45, 7) is 4.40. The van der Waals surface area contributed by atoms with Crippen LogP contribution >= 0.6 is 0 Å². The maximum atomic E-state index is 12.2. The van der Waals surface area contributed by atoms with E-state index in [0.29, 0.717) is 17.9 Å². The number of ether oxygens (including phenoxy) is 1. The number of aliphatic hydroxyl groups is 1. The van der Waals surface area contributed by atoms with E-state index in [9.17, 15) is 9.90 Å². The van der Waals surface area contributed by atoms with Crippen molar-refractivity contribution in [3.63, 3.8) is 0 Å². The Balaban J connectivity index is 2.04. The van der Waals surface area contributed by atoms with E-state index < -0.39 is 6.10 Å². The van der Waals surface area contributed by atoms with Crippen molar-refractivity contribution in [2.75, 3.05) is 11.9 Å². The second-order valence-corrected chi connectivity index (χ2v) is 5.13. The molecule has 0 aromatic heterocycles. The summed E-state index contributed by atoms with van der Waals surface area (Å²) in [5.41, 5.74) is 1.99. The van der Waals surface area contributed by atoms with E-state index in [1.165, 1.54) is 0 Å². The average molecular weight is 299 g/mol. The van der Waals surface area contributed by atoms with Crippen LogP contribution in [-0.4, -0.2) is 17.6 Å².